The van der Waals surface area contributed by atoms with Gasteiger partial charge < -0.3 is 19.4 Å². The van der Waals surface area contributed by atoms with E-state index in [4.69, 9.17) is 15.9 Å². The summed E-state index contributed by atoms with van der Waals surface area (Å²) in [5, 5.41) is 0.492. The third kappa shape index (κ3) is 8.19. The Morgan fingerprint density at radius 1 is 1.07 bits per heavy atom. The highest BCUT2D eigenvalue weighted by atomic mass is 16.6. The highest BCUT2D eigenvalue weighted by molar-refractivity contribution is 5.90. The molecule has 0 aliphatic rings. The summed E-state index contributed by atoms with van der Waals surface area (Å²) >= 11 is 0. The van der Waals surface area contributed by atoms with E-state index in [1.165, 1.54) is 0 Å². The van der Waals surface area contributed by atoms with Crippen molar-refractivity contribution in [2.75, 3.05) is 18.0 Å². The maximum Gasteiger partial charge on any atom is 0.338 e. The summed E-state index contributed by atoms with van der Waals surface area (Å²) in [6, 6.07) is 11.0. The average Bonchev–Trinajstić information content (AvgIpc) is 2.86. The van der Waals surface area contributed by atoms with Gasteiger partial charge in [-0.05, 0) is 109 Å². The fourth-order valence-electron chi connectivity index (χ4n) is 4.09. The van der Waals surface area contributed by atoms with E-state index in [-0.39, 0.29) is 24.1 Å². The molecule has 1 N–H and O–H groups in total. The number of benzene rings is 2. The summed E-state index contributed by atoms with van der Waals surface area (Å²) in [5.74, 6) is 2.29. The molecule has 0 bridgehead atoms. The van der Waals surface area contributed by atoms with Gasteiger partial charge in [-0.25, -0.2) is 9.78 Å². The second kappa shape index (κ2) is 12.4. The molecule has 3 aromatic rings. The Balaban J connectivity index is 1.71. The molecule has 3 rings (SSSR count). The Bertz CT molecular complexity index is 1470. The van der Waals surface area contributed by atoms with Gasteiger partial charge in [-0.2, -0.15) is 0 Å². The molecule has 0 amide bonds. The van der Waals surface area contributed by atoms with Gasteiger partial charge in [-0.3, -0.25) is 9.59 Å². The van der Waals surface area contributed by atoms with Crippen molar-refractivity contribution in [2.45, 2.75) is 73.5 Å². The molecule has 0 spiro atoms. The third-order valence-corrected chi connectivity index (χ3v) is 6.19. The van der Waals surface area contributed by atoms with E-state index in [0.29, 0.717) is 35.4 Å². The second-order valence-corrected chi connectivity index (χ2v) is 11.9. The lowest BCUT2D eigenvalue weighted by Gasteiger charge is -2.23. The predicted molar refractivity (Wildman–Crippen MR) is 157 cm³/mol. The van der Waals surface area contributed by atoms with E-state index in [9.17, 15) is 14.4 Å². The topological polar surface area (TPSA) is 102 Å². The number of nitrogens with one attached hydrogen (secondary N) is 1. The molecule has 40 heavy (non-hydrogen) atoms. The zero-order valence-corrected chi connectivity index (χ0v) is 24.5. The van der Waals surface area contributed by atoms with Crippen molar-refractivity contribution in [3.05, 3.63) is 69.3 Å². The first-order valence-corrected chi connectivity index (χ1v) is 13.4. The Kier molecular flexibility index (Phi) is 9.41. The molecule has 0 atom stereocenters. The number of carbonyl (C=O) groups is 2. The Labute approximate surface area is 236 Å². The van der Waals surface area contributed by atoms with Crippen molar-refractivity contribution < 1.29 is 19.1 Å². The van der Waals surface area contributed by atoms with Crippen LogP contribution in [0.3, 0.4) is 0 Å². The van der Waals surface area contributed by atoms with Crippen molar-refractivity contribution in [2.24, 2.45) is 5.41 Å². The van der Waals surface area contributed by atoms with Gasteiger partial charge >= 0.3 is 11.9 Å². The molecule has 2 aromatic carbocycles. The summed E-state index contributed by atoms with van der Waals surface area (Å²) in [5.41, 5.74) is 2.57. The maximum absolute atomic E-state index is 12.7. The van der Waals surface area contributed by atoms with Crippen LogP contribution in [0.1, 0.15) is 75.3 Å². The Morgan fingerprint density at radius 3 is 2.35 bits per heavy atom. The quantitative estimate of drug-likeness (QED) is 0.286. The van der Waals surface area contributed by atoms with Crippen LogP contribution in [-0.2, 0) is 27.3 Å². The number of ether oxygens (including phenoxy) is 2. The zero-order chi connectivity index (χ0) is 29.7. The Hall–Kier alpha value is -4.12. The lowest BCUT2D eigenvalue weighted by molar-refractivity contribution is -0.154. The number of aryl methyl sites for hydroxylation is 2. The molecule has 0 saturated heterocycles. The number of nitrogens with zero attached hydrogens (tertiary/aromatic N) is 2. The summed E-state index contributed by atoms with van der Waals surface area (Å²) in [4.78, 5) is 46.5. The molecule has 0 aliphatic carbocycles. The van der Waals surface area contributed by atoms with E-state index in [0.717, 1.165) is 29.7 Å². The van der Waals surface area contributed by atoms with Crippen molar-refractivity contribution in [3.8, 4) is 12.3 Å². The number of esters is 2. The molecular formula is C32H39N3O5. The van der Waals surface area contributed by atoms with Crippen molar-refractivity contribution in [1.29, 1.82) is 0 Å². The highest BCUT2D eigenvalue weighted by Crippen LogP contribution is 2.21. The molecule has 0 unspecified atom stereocenters. The van der Waals surface area contributed by atoms with Crippen LogP contribution < -0.4 is 10.5 Å². The number of carbonyl (C=O) groups excluding carboxylic acids is 2. The number of aromatic amines is 1. The number of H-pyrrole nitrogens is 1. The van der Waals surface area contributed by atoms with Crippen LogP contribution in [0, 0.1) is 24.7 Å². The lowest BCUT2D eigenvalue weighted by atomic mass is 9.97. The monoisotopic (exact) mass is 545 g/mol. The molecule has 0 fully saturated rings. The van der Waals surface area contributed by atoms with Gasteiger partial charge in [0.2, 0.25) is 0 Å². The van der Waals surface area contributed by atoms with Crippen LogP contribution in [0.2, 0.25) is 0 Å². The normalized spacial score (nSPS) is 11.7. The number of anilines is 1. The third-order valence-electron chi connectivity index (χ3n) is 6.19. The number of hydrogen-bond acceptors (Lipinski definition) is 7. The second-order valence-electron chi connectivity index (χ2n) is 11.9. The SMILES string of the molecule is C#CCN(CCCc1cc2nc(COC(=O)C(C)(C)C)[nH]c(=O)c2cc1C)c1ccc(C(=O)OC(C)(C)C)cc1. The fourth-order valence-corrected chi connectivity index (χ4v) is 4.09. The smallest absolute Gasteiger partial charge is 0.338 e. The first kappa shape index (κ1) is 30.4. The van der Waals surface area contributed by atoms with Gasteiger partial charge in [0.1, 0.15) is 18.0 Å². The fraction of sp³-hybridized carbons (Fsp3) is 0.438. The minimum absolute atomic E-state index is 0.0989. The average molecular weight is 546 g/mol. The molecule has 8 heteroatoms. The highest BCUT2D eigenvalue weighted by Gasteiger charge is 2.23. The van der Waals surface area contributed by atoms with Crippen LogP contribution in [0.5, 0.6) is 0 Å². The van der Waals surface area contributed by atoms with Gasteiger partial charge in [-0.1, -0.05) is 5.92 Å². The Morgan fingerprint density at radius 2 is 1.75 bits per heavy atom. The molecule has 1 aromatic heterocycles. The van der Waals surface area contributed by atoms with Crippen molar-refractivity contribution in [1.82, 2.24) is 9.97 Å². The number of fused-ring (bicyclic) bond motifs is 1. The van der Waals surface area contributed by atoms with Gasteiger partial charge in [0.05, 0.1) is 28.4 Å². The standard InChI is InChI=1S/C32H39N3O5/c1-9-16-35(24-14-12-22(13-15-24)29(37)40-32(6,7)8)17-10-11-23-19-26-25(18-21(23)2)28(36)34-27(33-26)20-39-30(38)31(3,4)5/h1,12-15,18-19H,10-11,16-17,20H2,2-8H3,(H,33,34,36). The van der Waals surface area contributed by atoms with Crippen LogP contribution in [-0.4, -0.2) is 40.6 Å². The lowest BCUT2D eigenvalue weighted by Crippen LogP contribution is -2.26. The molecule has 0 saturated carbocycles. The van der Waals surface area contributed by atoms with Gasteiger partial charge in [0.15, 0.2) is 0 Å². The number of rotatable bonds is 9. The van der Waals surface area contributed by atoms with Crippen LogP contribution in [0.15, 0.2) is 41.2 Å². The largest absolute Gasteiger partial charge is 0.457 e. The molecular weight excluding hydrogens is 506 g/mol. The number of aromatic nitrogens is 2. The summed E-state index contributed by atoms with van der Waals surface area (Å²) in [6.07, 6.45) is 7.20. The summed E-state index contributed by atoms with van der Waals surface area (Å²) in [6.45, 7) is 13.8. The summed E-state index contributed by atoms with van der Waals surface area (Å²) < 4.78 is 10.8. The van der Waals surface area contributed by atoms with Crippen molar-refractivity contribution >= 4 is 28.5 Å². The van der Waals surface area contributed by atoms with Gasteiger partial charge in [0.25, 0.3) is 5.56 Å². The molecule has 212 valence electrons. The first-order valence-electron chi connectivity index (χ1n) is 13.4. The summed E-state index contributed by atoms with van der Waals surface area (Å²) in [7, 11) is 0. The molecule has 0 aliphatic heterocycles. The minimum atomic E-state index is -0.644. The van der Waals surface area contributed by atoms with Gasteiger partial charge in [-0.15, -0.1) is 6.42 Å². The van der Waals surface area contributed by atoms with Crippen molar-refractivity contribution in [3.63, 3.8) is 0 Å². The van der Waals surface area contributed by atoms with E-state index >= 15 is 0 Å². The minimum Gasteiger partial charge on any atom is -0.457 e. The predicted octanol–water partition coefficient (Wildman–Crippen LogP) is 5.35. The van der Waals surface area contributed by atoms with Crippen LogP contribution >= 0.6 is 0 Å². The first-order chi connectivity index (χ1) is 18.7. The number of hydrogen-bond donors (Lipinski definition) is 1. The molecule has 0 radical (unpaired) electrons. The molecule has 1 heterocycles. The zero-order valence-electron chi connectivity index (χ0n) is 24.5. The maximum atomic E-state index is 12.7. The number of terminal acetylenes is 1. The van der Waals surface area contributed by atoms with E-state index in [2.05, 4.69) is 20.8 Å². The molecule has 8 nitrogen and oxygen atoms in total. The van der Waals surface area contributed by atoms with E-state index in [1.54, 1.807) is 32.9 Å². The van der Waals surface area contributed by atoms with E-state index in [1.807, 2.05) is 52.0 Å². The van der Waals surface area contributed by atoms with Crippen LogP contribution in [0.4, 0.5) is 5.69 Å². The van der Waals surface area contributed by atoms with E-state index < -0.39 is 11.0 Å². The van der Waals surface area contributed by atoms with Gasteiger partial charge in [0, 0.05) is 12.2 Å². The van der Waals surface area contributed by atoms with Crippen LogP contribution in [0.25, 0.3) is 10.9 Å².